The monoisotopic (exact) mass is 340 g/mol. The van der Waals surface area contributed by atoms with Crippen molar-refractivity contribution in [2.24, 2.45) is 5.92 Å². The number of rotatable bonds is 6. The number of likely N-dealkylation sites (tertiary alicyclic amines) is 1. The molecule has 1 aromatic carbocycles. The van der Waals surface area contributed by atoms with Gasteiger partial charge in [-0.1, -0.05) is 44.2 Å². The maximum absolute atomic E-state index is 11.4. The average molecular weight is 340 g/mol. The van der Waals surface area contributed by atoms with Crippen LogP contribution in [0, 0.1) is 5.92 Å². The lowest BCUT2D eigenvalue weighted by atomic mass is 9.82. The maximum atomic E-state index is 11.4. The summed E-state index contributed by atoms with van der Waals surface area (Å²) in [5.74, 6) is 0.0631. The minimum atomic E-state index is -3.20. The second kappa shape index (κ2) is 7.30. The van der Waals surface area contributed by atoms with E-state index in [1.807, 2.05) is 44.2 Å². The van der Waals surface area contributed by atoms with Crippen LogP contribution in [-0.2, 0) is 15.6 Å². The van der Waals surface area contributed by atoms with E-state index in [9.17, 15) is 13.5 Å². The lowest BCUT2D eigenvalue weighted by Gasteiger charge is -2.41. The SMILES string of the molecule is CC(C)C(O)(CN1CCCC(NS(C)(=O)=O)C1)c1ccccc1. The van der Waals surface area contributed by atoms with Crippen molar-refractivity contribution < 1.29 is 13.5 Å². The van der Waals surface area contributed by atoms with Crippen molar-refractivity contribution in [2.45, 2.75) is 38.3 Å². The smallest absolute Gasteiger partial charge is 0.208 e. The van der Waals surface area contributed by atoms with Crippen molar-refractivity contribution in [1.29, 1.82) is 0 Å². The molecule has 0 amide bonds. The number of benzene rings is 1. The zero-order chi connectivity index (χ0) is 17.1. The van der Waals surface area contributed by atoms with E-state index in [2.05, 4.69) is 9.62 Å². The topological polar surface area (TPSA) is 69.6 Å². The zero-order valence-electron chi connectivity index (χ0n) is 14.2. The Morgan fingerprint density at radius 1 is 1.35 bits per heavy atom. The number of piperidine rings is 1. The number of β-amino-alcohol motifs (C(OH)–C–C–N with tert-alkyl or cyclic N) is 1. The number of nitrogens with zero attached hydrogens (tertiary/aromatic N) is 1. The summed E-state index contributed by atoms with van der Waals surface area (Å²) in [5, 5.41) is 11.3. The normalized spacial score (nSPS) is 22.9. The van der Waals surface area contributed by atoms with Crippen molar-refractivity contribution in [1.82, 2.24) is 9.62 Å². The second-order valence-corrected chi connectivity index (χ2v) is 8.69. The van der Waals surface area contributed by atoms with E-state index in [0.29, 0.717) is 13.1 Å². The zero-order valence-corrected chi connectivity index (χ0v) is 15.0. The Balaban J connectivity index is 2.11. The molecular formula is C17H28N2O3S. The molecule has 1 saturated heterocycles. The Kier molecular flexibility index (Phi) is 5.84. The van der Waals surface area contributed by atoms with Gasteiger partial charge in [0.15, 0.2) is 0 Å². The van der Waals surface area contributed by atoms with E-state index < -0.39 is 15.6 Å². The van der Waals surface area contributed by atoms with Crippen LogP contribution in [0.5, 0.6) is 0 Å². The molecule has 0 bridgehead atoms. The van der Waals surface area contributed by atoms with Crippen LogP contribution in [0.2, 0.25) is 0 Å². The lowest BCUT2D eigenvalue weighted by molar-refractivity contribution is -0.0455. The van der Waals surface area contributed by atoms with Gasteiger partial charge in [-0.25, -0.2) is 13.1 Å². The molecule has 0 radical (unpaired) electrons. The molecule has 1 fully saturated rings. The van der Waals surface area contributed by atoms with Crippen LogP contribution < -0.4 is 4.72 Å². The molecule has 1 aliphatic heterocycles. The predicted octanol–water partition coefficient (Wildman–Crippen LogP) is 1.54. The fourth-order valence-electron chi connectivity index (χ4n) is 3.27. The van der Waals surface area contributed by atoms with E-state index in [4.69, 9.17) is 0 Å². The van der Waals surface area contributed by atoms with Crippen molar-refractivity contribution in [3.63, 3.8) is 0 Å². The van der Waals surface area contributed by atoms with E-state index in [1.165, 1.54) is 6.26 Å². The van der Waals surface area contributed by atoms with Gasteiger partial charge >= 0.3 is 0 Å². The molecule has 0 saturated carbocycles. The highest BCUT2D eigenvalue weighted by atomic mass is 32.2. The standard InChI is InChI=1S/C17H28N2O3S/c1-14(2)17(20,15-8-5-4-6-9-15)13-19-11-7-10-16(12-19)18-23(3,21)22/h4-6,8-9,14,16,18,20H,7,10-13H2,1-3H3. The highest BCUT2D eigenvalue weighted by molar-refractivity contribution is 7.88. The van der Waals surface area contributed by atoms with Gasteiger partial charge in [-0.05, 0) is 30.9 Å². The molecule has 2 atom stereocenters. The number of aliphatic hydroxyl groups is 1. The fourth-order valence-corrected chi connectivity index (χ4v) is 4.07. The average Bonchev–Trinajstić information content (AvgIpc) is 2.46. The third-order valence-electron chi connectivity index (χ3n) is 4.58. The van der Waals surface area contributed by atoms with Crippen LogP contribution in [-0.4, -0.2) is 50.4 Å². The van der Waals surface area contributed by atoms with Gasteiger partial charge in [0.25, 0.3) is 0 Å². The van der Waals surface area contributed by atoms with Gasteiger partial charge in [0.1, 0.15) is 5.60 Å². The fraction of sp³-hybridized carbons (Fsp3) is 0.647. The molecule has 2 N–H and O–H groups in total. The van der Waals surface area contributed by atoms with Crippen LogP contribution in [0.1, 0.15) is 32.3 Å². The van der Waals surface area contributed by atoms with Crippen LogP contribution in [0.3, 0.4) is 0 Å². The first-order valence-corrected chi connectivity index (χ1v) is 10.1. The third kappa shape index (κ3) is 5.01. The third-order valence-corrected chi connectivity index (χ3v) is 5.34. The molecule has 0 spiro atoms. The van der Waals surface area contributed by atoms with Crippen molar-refractivity contribution in [2.75, 3.05) is 25.9 Å². The van der Waals surface area contributed by atoms with Crippen LogP contribution >= 0.6 is 0 Å². The first kappa shape index (κ1) is 18.4. The number of nitrogens with one attached hydrogen (secondary N) is 1. The Morgan fingerprint density at radius 3 is 2.57 bits per heavy atom. The quantitative estimate of drug-likeness (QED) is 0.824. The van der Waals surface area contributed by atoms with Gasteiger partial charge in [0, 0.05) is 19.1 Å². The summed E-state index contributed by atoms with van der Waals surface area (Å²) >= 11 is 0. The largest absolute Gasteiger partial charge is 0.384 e. The van der Waals surface area contributed by atoms with E-state index in [1.54, 1.807) is 0 Å². The van der Waals surface area contributed by atoms with E-state index >= 15 is 0 Å². The molecule has 130 valence electrons. The summed E-state index contributed by atoms with van der Waals surface area (Å²) in [5.41, 5.74) is -0.0259. The first-order chi connectivity index (χ1) is 10.7. The maximum Gasteiger partial charge on any atom is 0.208 e. The predicted molar refractivity (Wildman–Crippen MR) is 92.6 cm³/mol. The van der Waals surface area contributed by atoms with Crippen LogP contribution in [0.25, 0.3) is 0 Å². The van der Waals surface area contributed by atoms with Crippen LogP contribution in [0.15, 0.2) is 30.3 Å². The van der Waals surface area contributed by atoms with E-state index in [0.717, 1.165) is 24.9 Å². The summed E-state index contributed by atoms with van der Waals surface area (Å²) in [6.45, 7) is 6.06. The van der Waals surface area contributed by atoms with Gasteiger partial charge in [-0.2, -0.15) is 0 Å². The number of hydrogen-bond donors (Lipinski definition) is 2. The van der Waals surface area contributed by atoms with Gasteiger partial charge < -0.3 is 5.11 Å². The highest BCUT2D eigenvalue weighted by Gasteiger charge is 2.36. The number of sulfonamides is 1. The minimum Gasteiger partial charge on any atom is -0.384 e. The van der Waals surface area contributed by atoms with E-state index in [-0.39, 0.29) is 12.0 Å². The Morgan fingerprint density at radius 2 is 2.00 bits per heavy atom. The molecule has 1 heterocycles. The molecule has 1 aromatic rings. The molecule has 0 aromatic heterocycles. The summed E-state index contributed by atoms with van der Waals surface area (Å²) in [4.78, 5) is 2.17. The Bertz CT molecular complexity index is 604. The molecular weight excluding hydrogens is 312 g/mol. The summed E-state index contributed by atoms with van der Waals surface area (Å²) in [7, 11) is -3.20. The summed E-state index contributed by atoms with van der Waals surface area (Å²) < 4.78 is 25.6. The lowest BCUT2D eigenvalue weighted by Crippen LogP contribution is -2.52. The first-order valence-electron chi connectivity index (χ1n) is 8.18. The number of hydrogen-bond acceptors (Lipinski definition) is 4. The molecule has 1 aliphatic rings. The van der Waals surface area contributed by atoms with Crippen molar-refractivity contribution >= 4 is 10.0 Å². The van der Waals surface area contributed by atoms with Crippen molar-refractivity contribution in [3.8, 4) is 0 Å². The molecule has 2 unspecified atom stereocenters. The molecule has 2 rings (SSSR count). The second-order valence-electron chi connectivity index (χ2n) is 6.91. The molecule has 23 heavy (non-hydrogen) atoms. The summed E-state index contributed by atoms with van der Waals surface area (Å²) in [6, 6.07) is 9.65. The molecule has 5 nitrogen and oxygen atoms in total. The minimum absolute atomic E-state index is 0.0631. The molecule has 6 heteroatoms. The summed E-state index contributed by atoms with van der Waals surface area (Å²) in [6.07, 6.45) is 2.96. The Labute approximate surface area is 139 Å². The highest BCUT2D eigenvalue weighted by Crippen LogP contribution is 2.31. The molecule has 0 aliphatic carbocycles. The van der Waals surface area contributed by atoms with Crippen molar-refractivity contribution in [3.05, 3.63) is 35.9 Å². The van der Waals surface area contributed by atoms with Crippen LogP contribution in [0.4, 0.5) is 0 Å². The Hall–Kier alpha value is -0.950. The van der Waals surface area contributed by atoms with Gasteiger partial charge in [0.2, 0.25) is 10.0 Å². The van der Waals surface area contributed by atoms with Gasteiger partial charge in [-0.15, -0.1) is 0 Å². The van der Waals surface area contributed by atoms with Gasteiger partial charge in [0.05, 0.1) is 6.26 Å². The van der Waals surface area contributed by atoms with Gasteiger partial charge in [-0.3, -0.25) is 4.90 Å².